The van der Waals surface area contributed by atoms with Gasteiger partial charge in [-0.2, -0.15) is 4.39 Å². The fraction of sp³-hybridized carbons (Fsp3) is 0.636. The van der Waals surface area contributed by atoms with Gasteiger partial charge in [-0.05, 0) is 118 Å². The Morgan fingerprint density at radius 1 is 0.632 bits per heavy atom. The van der Waals surface area contributed by atoms with Crippen LogP contribution in [0.15, 0.2) is 24.3 Å². The van der Waals surface area contributed by atoms with E-state index in [2.05, 4.69) is 6.92 Å². The number of aryl methyl sites for hydroxylation is 1. The molecule has 0 N–H and O–H groups in total. The van der Waals surface area contributed by atoms with Crippen molar-refractivity contribution in [3.8, 4) is 5.75 Å². The third kappa shape index (κ3) is 6.93. The van der Waals surface area contributed by atoms with Crippen LogP contribution in [0.25, 0.3) is 0 Å². The molecule has 0 bridgehead atoms. The first-order chi connectivity index (χ1) is 18.4. The number of benzene rings is 2. The van der Waals surface area contributed by atoms with Crippen LogP contribution in [-0.2, 0) is 6.42 Å². The molecule has 0 radical (unpaired) electrons. The molecule has 2 aliphatic carbocycles. The maximum Gasteiger partial charge on any atom is 0.200 e. The number of unbranched alkanes of at least 4 members (excludes halogenated alkanes) is 2. The molecule has 2 saturated carbocycles. The summed E-state index contributed by atoms with van der Waals surface area (Å²) in [7, 11) is 0. The average molecular weight is 533 g/mol. The second-order valence-electron chi connectivity index (χ2n) is 11.6. The lowest BCUT2D eigenvalue weighted by Crippen LogP contribution is -2.18. The van der Waals surface area contributed by atoms with Crippen LogP contribution in [0.2, 0.25) is 0 Å². The molecule has 2 aromatic carbocycles. The predicted molar refractivity (Wildman–Crippen MR) is 146 cm³/mol. The van der Waals surface area contributed by atoms with Gasteiger partial charge in [0.1, 0.15) is 0 Å². The van der Waals surface area contributed by atoms with Gasteiger partial charge in [0.25, 0.3) is 0 Å². The molecule has 38 heavy (non-hydrogen) atoms. The highest BCUT2D eigenvalue weighted by Crippen LogP contribution is 2.43. The van der Waals surface area contributed by atoms with E-state index in [1.807, 2.05) is 12.1 Å². The molecular formula is C33H44F4O. The highest BCUT2D eigenvalue weighted by atomic mass is 19.2. The second-order valence-corrected chi connectivity index (χ2v) is 11.6. The number of ether oxygens (including phenoxy) is 1. The summed E-state index contributed by atoms with van der Waals surface area (Å²) in [6.45, 7) is 4.24. The van der Waals surface area contributed by atoms with Crippen LogP contribution >= 0.6 is 0 Å². The fourth-order valence-corrected chi connectivity index (χ4v) is 6.81. The standard InChI is InChI=1S/C33H44F4O/c1-3-5-6-7-22-8-13-24(14-9-22)27-19-20-28(32(36)31(27)35)25-15-10-23(11-16-25)12-17-26-18-21-29(38-4-2)33(37)30(26)34/h18-25H,3-17H2,1-2H3. The van der Waals surface area contributed by atoms with Crippen molar-refractivity contribution in [3.05, 3.63) is 64.2 Å². The fourth-order valence-electron chi connectivity index (χ4n) is 6.81. The summed E-state index contributed by atoms with van der Waals surface area (Å²) in [6, 6.07) is 6.79. The third-order valence-electron chi connectivity index (χ3n) is 9.18. The van der Waals surface area contributed by atoms with E-state index >= 15 is 8.78 Å². The van der Waals surface area contributed by atoms with Crippen molar-refractivity contribution in [3.63, 3.8) is 0 Å². The maximum atomic E-state index is 15.3. The topological polar surface area (TPSA) is 9.23 Å². The second kappa shape index (κ2) is 13.8. The molecule has 0 aliphatic heterocycles. The Labute approximate surface area is 226 Å². The van der Waals surface area contributed by atoms with E-state index in [1.54, 1.807) is 13.0 Å². The molecule has 0 amide bonds. The van der Waals surface area contributed by atoms with Gasteiger partial charge in [-0.25, -0.2) is 13.2 Å². The third-order valence-corrected chi connectivity index (χ3v) is 9.18. The van der Waals surface area contributed by atoms with Gasteiger partial charge in [0.05, 0.1) is 6.61 Å². The van der Waals surface area contributed by atoms with Gasteiger partial charge in [-0.1, -0.05) is 50.8 Å². The zero-order valence-corrected chi connectivity index (χ0v) is 23.1. The van der Waals surface area contributed by atoms with Crippen LogP contribution in [0.4, 0.5) is 17.6 Å². The molecule has 2 fully saturated rings. The van der Waals surface area contributed by atoms with Crippen molar-refractivity contribution >= 4 is 0 Å². The Hall–Kier alpha value is -2.04. The van der Waals surface area contributed by atoms with Crippen molar-refractivity contribution in [1.82, 2.24) is 0 Å². The first-order valence-corrected chi connectivity index (χ1v) is 15.0. The molecule has 5 heteroatoms. The lowest BCUT2D eigenvalue weighted by molar-refractivity contribution is 0.294. The van der Waals surface area contributed by atoms with E-state index in [9.17, 15) is 8.78 Å². The molecule has 0 unspecified atom stereocenters. The maximum absolute atomic E-state index is 15.3. The van der Waals surface area contributed by atoms with Gasteiger partial charge in [0.2, 0.25) is 5.82 Å². The molecule has 0 atom stereocenters. The zero-order chi connectivity index (χ0) is 27.1. The predicted octanol–water partition coefficient (Wildman–Crippen LogP) is 10.4. The Kier molecular flexibility index (Phi) is 10.6. The van der Waals surface area contributed by atoms with Gasteiger partial charge in [0, 0.05) is 0 Å². The summed E-state index contributed by atoms with van der Waals surface area (Å²) in [6.07, 6.45) is 13.8. The summed E-state index contributed by atoms with van der Waals surface area (Å²) in [5, 5.41) is 0. The van der Waals surface area contributed by atoms with E-state index in [4.69, 9.17) is 4.74 Å². The van der Waals surface area contributed by atoms with E-state index < -0.39 is 23.3 Å². The lowest BCUT2D eigenvalue weighted by Gasteiger charge is -2.31. The van der Waals surface area contributed by atoms with Gasteiger partial charge >= 0.3 is 0 Å². The number of halogens is 4. The number of rotatable bonds is 11. The van der Waals surface area contributed by atoms with E-state index in [1.165, 1.54) is 31.7 Å². The summed E-state index contributed by atoms with van der Waals surface area (Å²) in [4.78, 5) is 0. The van der Waals surface area contributed by atoms with Crippen molar-refractivity contribution in [2.45, 2.75) is 116 Å². The molecule has 2 aliphatic rings. The normalized spacial score (nSPS) is 23.9. The monoisotopic (exact) mass is 532 g/mol. The van der Waals surface area contributed by atoms with E-state index in [0.29, 0.717) is 29.0 Å². The minimum absolute atomic E-state index is 0.0174. The van der Waals surface area contributed by atoms with Crippen LogP contribution in [0, 0.1) is 35.1 Å². The summed E-state index contributed by atoms with van der Waals surface area (Å²) >= 11 is 0. The molecule has 0 spiro atoms. The van der Waals surface area contributed by atoms with Crippen LogP contribution < -0.4 is 4.74 Å². The van der Waals surface area contributed by atoms with Crippen molar-refractivity contribution in [1.29, 1.82) is 0 Å². The van der Waals surface area contributed by atoms with Crippen molar-refractivity contribution < 1.29 is 22.3 Å². The molecular weight excluding hydrogens is 488 g/mol. The van der Waals surface area contributed by atoms with Gasteiger partial charge in [-0.3, -0.25) is 0 Å². The molecule has 210 valence electrons. The Balaban J connectivity index is 1.29. The van der Waals surface area contributed by atoms with Gasteiger partial charge in [-0.15, -0.1) is 0 Å². The van der Waals surface area contributed by atoms with E-state index in [-0.39, 0.29) is 24.2 Å². The minimum Gasteiger partial charge on any atom is -0.491 e. The summed E-state index contributed by atoms with van der Waals surface area (Å²) in [5.74, 6) is -1.82. The zero-order valence-electron chi connectivity index (χ0n) is 23.1. The molecule has 2 aromatic rings. The lowest BCUT2D eigenvalue weighted by atomic mass is 9.75. The van der Waals surface area contributed by atoms with Crippen molar-refractivity contribution in [2.75, 3.05) is 6.61 Å². The first kappa shape index (κ1) is 29.0. The molecule has 0 heterocycles. The van der Waals surface area contributed by atoms with Crippen LogP contribution in [0.3, 0.4) is 0 Å². The molecule has 1 nitrogen and oxygen atoms in total. The Bertz CT molecular complexity index is 1040. The van der Waals surface area contributed by atoms with Crippen LogP contribution in [0.1, 0.15) is 126 Å². The number of hydrogen-bond acceptors (Lipinski definition) is 1. The molecule has 0 saturated heterocycles. The quantitative estimate of drug-likeness (QED) is 0.207. The molecule has 0 aromatic heterocycles. The van der Waals surface area contributed by atoms with Crippen LogP contribution in [0.5, 0.6) is 5.75 Å². The number of hydrogen-bond donors (Lipinski definition) is 0. The summed E-state index contributed by atoms with van der Waals surface area (Å²) < 4.78 is 64.2. The Morgan fingerprint density at radius 2 is 1.18 bits per heavy atom. The summed E-state index contributed by atoms with van der Waals surface area (Å²) in [5.41, 5.74) is 1.45. The highest BCUT2D eigenvalue weighted by molar-refractivity contribution is 5.33. The average Bonchev–Trinajstić information content (AvgIpc) is 2.93. The largest absolute Gasteiger partial charge is 0.491 e. The first-order valence-electron chi connectivity index (χ1n) is 15.0. The smallest absolute Gasteiger partial charge is 0.200 e. The highest BCUT2D eigenvalue weighted by Gasteiger charge is 2.30. The van der Waals surface area contributed by atoms with E-state index in [0.717, 1.165) is 63.7 Å². The van der Waals surface area contributed by atoms with Gasteiger partial charge in [0.15, 0.2) is 23.2 Å². The van der Waals surface area contributed by atoms with Crippen molar-refractivity contribution in [2.24, 2.45) is 11.8 Å². The minimum atomic E-state index is -0.922. The Morgan fingerprint density at radius 3 is 1.71 bits per heavy atom. The molecule has 4 rings (SSSR count). The van der Waals surface area contributed by atoms with Crippen LogP contribution in [-0.4, -0.2) is 6.61 Å². The SMILES string of the molecule is CCCCCC1CCC(c2ccc(C3CCC(CCc4ccc(OCC)c(F)c4F)CC3)c(F)c2F)CC1. The van der Waals surface area contributed by atoms with Gasteiger partial charge < -0.3 is 4.74 Å².